The largest absolute Gasteiger partial charge is 0.368 e. The van der Waals surface area contributed by atoms with Crippen LogP contribution in [0.15, 0.2) is 30.7 Å². The molecule has 0 spiro atoms. The second kappa shape index (κ2) is 6.19. The Hall–Kier alpha value is -2.90. The highest BCUT2D eigenvalue weighted by molar-refractivity contribution is 5.47. The maximum absolute atomic E-state index is 5.85. The van der Waals surface area contributed by atoms with E-state index in [1.807, 2.05) is 29.9 Å². The third kappa shape index (κ3) is 3.62. The van der Waals surface area contributed by atoms with Gasteiger partial charge in [0.15, 0.2) is 5.82 Å². The standard InChI is InChI=1S/C17H24N8/c1-11(13-10-25(17(3,4)5)23-12(13)2)20-14-9-15(22-16(18)21-14)24-8-6-7-19-24/h6-11H,1-5H3,(H3,18,20,21,22). The predicted molar refractivity (Wildman–Crippen MR) is 97.6 cm³/mol. The van der Waals surface area contributed by atoms with E-state index < -0.39 is 0 Å². The second-order valence-electron chi connectivity index (χ2n) is 7.07. The normalized spacial score (nSPS) is 13.0. The average Bonchev–Trinajstić information content (AvgIpc) is 3.15. The Morgan fingerprint density at radius 1 is 1.24 bits per heavy atom. The van der Waals surface area contributed by atoms with Gasteiger partial charge in [-0.1, -0.05) is 0 Å². The third-order valence-electron chi connectivity index (χ3n) is 3.92. The van der Waals surface area contributed by atoms with E-state index in [9.17, 15) is 0 Å². The monoisotopic (exact) mass is 340 g/mol. The summed E-state index contributed by atoms with van der Waals surface area (Å²) in [7, 11) is 0. The fraction of sp³-hybridized carbons (Fsp3) is 0.412. The summed E-state index contributed by atoms with van der Waals surface area (Å²) < 4.78 is 3.64. The Morgan fingerprint density at radius 2 is 2.00 bits per heavy atom. The van der Waals surface area contributed by atoms with Crippen molar-refractivity contribution in [1.29, 1.82) is 0 Å². The number of hydrogen-bond acceptors (Lipinski definition) is 6. The molecule has 0 fully saturated rings. The molecule has 8 nitrogen and oxygen atoms in total. The lowest BCUT2D eigenvalue weighted by atomic mass is 10.1. The van der Waals surface area contributed by atoms with Crippen LogP contribution in [0.3, 0.4) is 0 Å². The van der Waals surface area contributed by atoms with Crippen molar-refractivity contribution < 1.29 is 0 Å². The fourth-order valence-electron chi connectivity index (χ4n) is 2.59. The molecule has 0 aromatic carbocycles. The third-order valence-corrected chi connectivity index (χ3v) is 3.92. The summed E-state index contributed by atoms with van der Waals surface area (Å²) in [4.78, 5) is 8.50. The molecule has 0 radical (unpaired) electrons. The van der Waals surface area contributed by atoms with Gasteiger partial charge in [0.25, 0.3) is 0 Å². The smallest absolute Gasteiger partial charge is 0.224 e. The Morgan fingerprint density at radius 3 is 2.60 bits per heavy atom. The highest BCUT2D eigenvalue weighted by Crippen LogP contribution is 2.24. The molecule has 132 valence electrons. The summed E-state index contributed by atoms with van der Waals surface area (Å²) in [6.07, 6.45) is 5.58. The summed E-state index contributed by atoms with van der Waals surface area (Å²) in [6.45, 7) is 10.5. The number of nitrogen functional groups attached to an aromatic ring is 1. The molecule has 3 rings (SSSR count). The van der Waals surface area contributed by atoms with Crippen molar-refractivity contribution >= 4 is 11.8 Å². The van der Waals surface area contributed by atoms with Crippen molar-refractivity contribution in [2.45, 2.75) is 46.2 Å². The molecule has 0 aliphatic rings. The van der Waals surface area contributed by atoms with Crippen LogP contribution in [-0.2, 0) is 5.54 Å². The van der Waals surface area contributed by atoms with E-state index >= 15 is 0 Å². The van der Waals surface area contributed by atoms with Crippen LogP contribution in [0.1, 0.15) is 45.0 Å². The lowest BCUT2D eigenvalue weighted by Gasteiger charge is -2.19. The molecule has 0 saturated heterocycles. The van der Waals surface area contributed by atoms with Gasteiger partial charge in [-0.3, -0.25) is 4.68 Å². The van der Waals surface area contributed by atoms with Gasteiger partial charge in [-0.2, -0.15) is 20.2 Å². The van der Waals surface area contributed by atoms with Gasteiger partial charge in [0.1, 0.15) is 5.82 Å². The zero-order valence-corrected chi connectivity index (χ0v) is 15.2. The summed E-state index contributed by atoms with van der Waals surface area (Å²) in [6, 6.07) is 3.68. The summed E-state index contributed by atoms with van der Waals surface area (Å²) in [5.41, 5.74) is 7.90. The molecule has 3 aromatic rings. The molecule has 3 aromatic heterocycles. The minimum absolute atomic E-state index is 0.0240. The summed E-state index contributed by atoms with van der Waals surface area (Å²) in [5.74, 6) is 1.47. The first-order chi connectivity index (χ1) is 11.7. The maximum Gasteiger partial charge on any atom is 0.224 e. The number of nitrogens with two attached hydrogens (primary N) is 1. The second-order valence-corrected chi connectivity index (χ2v) is 7.07. The Kier molecular flexibility index (Phi) is 4.20. The molecule has 0 saturated carbocycles. The maximum atomic E-state index is 5.85. The zero-order valence-electron chi connectivity index (χ0n) is 15.2. The van der Waals surface area contributed by atoms with E-state index in [0.29, 0.717) is 11.6 Å². The van der Waals surface area contributed by atoms with Crippen molar-refractivity contribution in [3.05, 3.63) is 42.0 Å². The minimum atomic E-state index is -0.0602. The van der Waals surface area contributed by atoms with Crippen molar-refractivity contribution in [1.82, 2.24) is 29.5 Å². The predicted octanol–water partition coefficient (Wildman–Crippen LogP) is 2.68. The number of hydrogen-bond donors (Lipinski definition) is 2. The molecule has 25 heavy (non-hydrogen) atoms. The number of nitrogens with one attached hydrogen (secondary N) is 1. The molecule has 1 unspecified atom stereocenters. The van der Waals surface area contributed by atoms with Crippen LogP contribution < -0.4 is 11.1 Å². The highest BCUT2D eigenvalue weighted by atomic mass is 15.3. The number of anilines is 2. The lowest BCUT2D eigenvalue weighted by Crippen LogP contribution is -2.22. The quantitative estimate of drug-likeness (QED) is 0.757. The van der Waals surface area contributed by atoms with Crippen molar-refractivity contribution in [2.75, 3.05) is 11.1 Å². The van der Waals surface area contributed by atoms with E-state index in [1.165, 1.54) is 0 Å². The first kappa shape index (κ1) is 16.9. The van der Waals surface area contributed by atoms with Crippen LogP contribution in [0.2, 0.25) is 0 Å². The van der Waals surface area contributed by atoms with Gasteiger partial charge in [0.2, 0.25) is 5.95 Å². The van der Waals surface area contributed by atoms with Crippen LogP contribution in [0, 0.1) is 6.92 Å². The first-order valence-corrected chi connectivity index (χ1v) is 8.22. The SMILES string of the molecule is Cc1nn(C(C)(C)C)cc1C(C)Nc1cc(-n2cccn2)nc(N)n1. The van der Waals surface area contributed by atoms with E-state index in [0.717, 1.165) is 11.3 Å². The number of rotatable bonds is 4. The van der Waals surface area contributed by atoms with Crippen molar-refractivity contribution in [3.63, 3.8) is 0 Å². The van der Waals surface area contributed by atoms with Crippen molar-refractivity contribution in [2.24, 2.45) is 0 Å². The topological polar surface area (TPSA) is 99.5 Å². The van der Waals surface area contributed by atoms with Crippen LogP contribution in [0.4, 0.5) is 11.8 Å². The summed E-state index contributed by atoms with van der Waals surface area (Å²) in [5, 5.41) is 12.2. The molecule has 8 heteroatoms. The van der Waals surface area contributed by atoms with Gasteiger partial charge in [0.05, 0.1) is 17.3 Å². The lowest BCUT2D eigenvalue weighted by molar-refractivity contribution is 0.354. The van der Waals surface area contributed by atoms with Crippen LogP contribution in [-0.4, -0.2) is 29.5 Å². The Bertz CT molecular complexity index is 857. The van der Waals surface area contributed by atoms with Crippen molar-refractivity contribution in [3.8, 4) is 5.82 Å². The van der Waals surface area contributed by atoms with Gasteiger partial charge < -0.3 is 11.1 Å². The van der Waals surface area contributed by atoms with E-state index in [2.05, 4.69) is 59.4 Å². The minimum Gasteiger partial charge on any atom is -0.368 e. The Labute approximate surface area is 147 Å². The Balaban J connectivity index is 1.86. The van der Waals surface area contributed by atoms with Crippen LogP contribution in [0.25, 0.3) is 5.82 Å². The van der Waals surface area contributed by atoms with Gasteiger partial charge in [-0.05, 0) is 40.7 Å². The molecule has 0 amide bonds. The van der Waals surface area contributed by atoms with Crippen LogP contribution >= 0.6 is 0 Å². The van der Waals surface area contributed by atoms with Gasteiger partial charge in [-0.25, -0.2) is 4.68 Å². The first-order valence-electron chi connectivity index (χ1n) is 8.22. The molecule has 3 heterocycles. The average molecular weight is 340 g/mol. The van der Waals surface area contributed by atoms with E-state index in [4.69, 9.17) is 5.73 Å². The van der Waals surface area contributed by atoms with E-state index in [-0.39, 0.29) is 17.5 Å². The molecule has 0 aliphatic carbocycles. The molecule has 1 atom stereocenters. The molecule has 0 aliphatic heterocycles. The van der Waals surface area contributed by atoms with E-state index in [1.54, 1.807) is 10.9 Å². The fourth-order valence-corrected chi connectivity index (χ4v) is 2.59. The molecule has 3 N–H and O–H groups in total. The number of nitrogens with zero attached hydrogens (tertiary/aromatic N) is 6. The molecular weight excluding hydrogens is 316 g/mol. The van der Waals surface area contributed by atoms with Crippen LogP contribution in [0.5, 0.6) is 0 Å². The zero-order chi connectivity index (χ0) is 18.2. The molecule has 0 bridgehead atoms. The van der Waals surface area contributed by atoms with Gasteiger partial charge in [0, 0.05) is 30.2 Å². The molecular formula is C17H24N8. The number of aromatic nitrogens is 6. The number of aryl methyl sites for hydroxylation is 1. The summed E-state index contributed by atoms with van der Waals surface area (Å²) >= 11 is 0. The highest BCUT2D eigenvalue weighted by Gasteiger charge is 2.19. The van der Waals surface area contributed by atoms with Gasteiger partial charge >= 0.3 is 0 Å². The van der Waals surface area contributed by atoms with Gasteiger partial charge in [-0.15, -0.1) is 0 Å².